The topological polar surface area (TPSA) is 21.3 Å². The van der Waals surface area contributed by atoms with Crippen molar-refractivity contribution in [1.29, 1.82) is 0 Å². The minimum absolute atomic E-state index is 0.0196. The molecule has 1 atom stereocenters. The number of nitrogens with one attached hydrogen (secondary N) is 1. The Hall–Kier alpha value is -0.910. The lowest BCUT2D eigenvalue weighted by molar-refractivity contribution is 0.338. The third kappa shape index (κ3) is 3.84. The zero-order chi connectivity index (χ0) is 15.4. The van der Waals surface area contributed by atoms with Crippen molar-refractivity contribution in [1.82, 2.24) is 5.32 Å². The minimum Gasteiger partial charge on any atom is -0.493 e. The first-order valence-corrected chi connectivity index (χ1v) is 8.19. The van der Waals surface area contributed by atoms with Crippen molar-refractivity contribution in [2.45, 2.75) is 13.0 Å². The smallest absolute Gasteiger partial charge is 0.137 e. The van der Waals surface area contributed by atoms with E-state index in [1.165, 1.54) is 6.07 Å². The van der Waals surface area contributed by atoms with Crippen LogP contribution in [0.3, 0.4) is 0 Å². The SMILES string of the molecule is CCOc1ccc(C(NC)c2ccc(F)c(Br)c2)cc1Br. The van der Waals surface area contributed by atoms with Crippen LogP contribution in [0.25, 0.3) is 0 Å². The molecule has 0 aliphatic rings. The van der Waals surface area contributed by atoms with E-state index in [1.54, 1.807) is 12.1 Å². The van der Waals surface area contributed by atoms with Gasteiger partial charge in [-0.15, -0.1) is 0 Å². The van der Waals surface area contributed by atoms with Gasteiger partial charge in [0, 0.05) is 0 Å². The Labute approximate surface area is 141 Å². The summed E-state index contributed by atoms with van der Waals surface area (Å²) in [5.41, 5.74) is 2.06. The molecule has 2 rings (SSSR count). The molecule has 1 unspecified atom stereocenters. The Bertz CT molecular complexity index is 634. The number of benzene rings is 2. The van der Waals surface area contributed by atoms with E-state index >= 15 is 0 Å². The molecule has 0 fully saturated rings. The zero-order valence-electron chi connectivity index (χ0n) is 11.8. The van der Waals surface area contributed by atoms with Crippen molar-refractivity contribution in [3.63, 3.8) is 0 Å². The van der Waals surface area contributed by atoms with Gasteiger partial charge in [0.2, 0.25) is 0 Å². The Morgan fingerprint density at radius 2 is 1.71 bits per heavy atom. The van der Waals surface area contributed by atoms with Crippen LogP contribution in [0.4, 0.5) is 4.39 Å². The van der Waals surface area contributed by atoms with Crippen LogP contribution in [0.15, 0.2) is 45.3 Å². The molecule has 0 aliphatic carbocycles. The molecular formula is C16H16Br2FNO. The van der Waals surface area contributed by atoms with Gasteiger partial charge in [0.15, 0.2) is 0 Å². The molecule has 0 saturated heterocycles. The second kappa shape index (κ2) is 7.38. The Kier molecular flexibility index (Phi) is 5.79. The van der Waals surface area contributed by atoms with Crippen molar-refractivity contribution in [3.8, 4) is 5.75 Å². The quantitative estimate of drug-likeness (QED) is 0.735. The molecule has 0 amide bonds. The van der Waals surface area contributed by atoms with Gasteiger partial charge in [-0.2, -0.15) is 0 Å². The van der Waals surface area contributed by atoms with Crippen molar-refractivity contribution >= 4 is 31.9 Å². The van der Waals surface area contributed by atoms with Crippen LogP contribution in [0, 0.1) is 5.82 Å². The molecule has 0 aromatic heterocycles. The lowest BCUT2D eigenvalue weighted by atomic mass is 9.99. The van der Waals surface area contributed by atoms with Crippen molar-refractivity contribution in [2.24, 2.45) is 0 Å². The molecule has 2 aromatic carbocycles. The van der Waals surface area contributed by atoms with Crippen LogP contribution in [0.5, 0.6) is 5.75 Å². The van der Waals surface area contributed by atoms with E-state index in [-0.39, 0.29) is 11.9 Å². The number of hydrogen-bond acceptors (Lipinski definition) is 2. The van der Waals surface area contributed by atoms with E-state index in [0.717, 1.165) is 21.3 Å². The monoisotopic (exact) mass is 415 g/mol. The largest absolute Gasteiger partial charge is 0.493 e. The molecule has 0 radical (unpaired) electrons. The molecule has 0 bridgehead atoms. The van der Waals surface area contributed by atoms with E-state index in [4.69, 9.17) is 4.74 Å². The number of ether oxygens (including phenoxy) is 1. The fraction of sp³-hybridized carbons (Fsp3) is 0.250. The van der Waals surface area contributed by atoms with Crippen LogP contribution in [0.1, 0.15) is 24.1 Å². The van der Waals surface area contributed by atoms with Crippen LogP contribution < -0.4 is 10.1 Å². The van der Waals surface area contributed by atoms with E-state index < -0.39 is 0 Å². The number of rotatable bonds is 5. The summed E-state index contributed by atoms with van der Waals surface area (Å²) < 4.78 is 20.3. The fourth-order valence-electron chi connectivity index (χ4n) is 2.19. The summed E-state index contributed by atoms with van der Waals surface area (Å²) in [6.07, 6.45) is 0. The van der Waals surface area contributed by atoms with Gasteiger partial charge >= 0.3 is 0 Å². The van der Waals surface area contributed by atoms with E-state index in [2.05, 4.69) is 37.2 Å². The highest BCUT2D eigenvalue weighted by Crippen LogP contribution is 2.32. The summed E-state index contributed by atoms with van der Waals surface area (Å²) in [5.74, 6) is 0.554. The normalized spacial score (nSPS) is 12.2. The van der Waals surface area contributed by atoms with Gasteiger partial charge in [0.1, 0.15) is 11.6 Å². The number of hydrogen-bond donors (Lipinski definition) is 1. The predicted molar refractivity (Wildman–Crippen MR) is 90.3 cm³/mol. The minimum atomic E-state index is -0.263. The summed E-state index contributed by atoms with van der Waals surface area (Å²) >= 11 is 6.75. The molecule has 0 heterocycles. The molecule has 2 nitrogen and oxygen atoms in total. The molecule has 112 valence electrons. The van der Waals surface area contributed by atoms with Gasteiger partial charge in [0.05, 0.1) is 21.6 Å². The highest BCUT2D eigenvalue weighted by atomic mass is 79.9. The standard InChI is InChI=1S/C16H16Br2FNO/c1-3-21-15-7-5-11(9-13(15)18)16(20-2)10-4-6-14(19)12(17)8-10/h4-9,16,20H,3H2,1-2H3. The van der Waals surface area contributed by atoms with Gasteiger partial charge in [-0.3, -0.25) is 0 Å². The van der Waals surface area contributed by atoms with Crippen LogP contribution >= 0.6 is 31.9 Å². The van der Waals surface area contributed by atoms with Gasteiger partial charge in [-0.1, -0.05) is 12.1 Å². The van der Waals surface area contributed by atoms with Gasteiger partial charge in [-0.05, 0) is 81.2 Å². The maximum absolute atomic E-state index is 13.4. The van der Waals surface area contributed by atoms with Gasteiger partial charge in [0.25, 0.3) is 0 Å². The zero-order valence-corrected chi connectivity index (χ0v) is 15.0. The molecule has 0 spiro atoms. The predicted octanol–water partition coefficient (Wildman–Crippen LogP) is 5.06. The second-order valence-electron chi connectivity index (χ2n) is 4.52. The number of halogens is 3. The molecular weight excluding hydrogens is 401 g/mol. The average Bonchev–Trinajstić information content (AvgIpc) is 2.46. The lowest BCUT2D eigenvalue weighted by Gasteiger charge is -2.19. The van der Waals surface area contributed by atoms with E-state index in [9.17, 15) is 4.39 Å². The maximum Gasteiger partial charge on any atom is 0.137 e. The summed E-state index contributed by atoms with van der Waals surface area (Å²) in [4.78, 5) is 0. The fourth-order valence-corrected chi connectivity index (χ4v) is 3.09. The molecule has 0 saturated carbocycles. The average molecular weight is 417 g/mol. The van der Waals surface area contributed by atoms with Crippen molar-refractivity contribution < 1.29 is 9.13 Å². The van der Waals surface area contributed by atoms with Gasteiger partial charge < -0.3 is 10.1 Å². The van der Waals surface area contributed by atoms with Crippen LogP contribution in [0.2, 0.25) is 0 Å². The molecule has 0 aliphatic heterocycles. The highest BCUT2D eigenvalue weighted by molar-refractivity contribution is 9.10. The van der Waals surface area contributed by atoms with E-state index in [0.29, 0.717) is 11.1 Å². The first-order valence-electron chi connectivity index (χ1n) is 6.61. The summed E-state index contributed by atoms with van der Waals surface area (Å²) in [6, 6.07) is 11.0. The van der Waals surface area contributed by atoms with Crippen LogP contribution in [-0.2, 0) is 0 Å². The van der Waals surface area contributed by atoms with Crippen LogP contribution in [-0.4, -0.2) is 13.7 Å². The third-order valence-corrected chi connectivity index (χ3v) is 4.38. The first kappa shape index (κ1) is 16.5. The first-order chi connectivity index (χ1) is 10.1. The molecule has 1 N–H and O–H groups in total. The Balaban J connectivity index is 2.36. The lowest BCUT2D eigenvalue weighted by Crippen LogP contribution is -2.17. The van der Waals surface area contributed by atoms with Crippen molar-refractivity contribution in [2.75, 3.05) is 13.7 Å². The molecule has 2 aromatic rings. The van der Waals surface area contributed by atoms with E-state index in [1.807, 2.05) is 32.2 Å². The Morgan fingerprint density at radius 1 is 1.10 bits per heavy atom. The van der Waals surface area contributed by atoms with Gasteiger partial charge in [-0.25, -0.2) is 4.39 Å². The summed E-state index contributed by atoms with van der Waals surface area (Å²) in [6.45, 7) is 2.57. The maximum atomic E-state index is 13.4. The third-order valence-electron chi connectivity index (χ3n) is 3.15. The summed E-state index contributed by atoms with van der Waals surface area (Å²) in [7, 11) is 1.88. The second-order valence-corrected chi connectivity index (χ2v) is 6.23. The highest BCUT2D eigenvalue weighted by Gasteiger charge is 2.15. The Morgan fingerprint density at radius 3 is 2.24 bits per heavy atom. The molecule has 21 heavy (non-hydrogen) atoms. The van der Waals surface area contributed by atoms with Crippen molar-refractivity contribution in [3.05, 3.63) is 62.3 Å². The molecule has 5 heteroatoms. The summed E-state index contributed by atoms with van der Waals surface area (Å²) in [5, 5.41) is 3.26.